The summed E-state index contributed by atoms with van der Waals surface area (Å²) in [4.78, 5) is 50.2. The zero-order valence-electron chi connectivity index (χ0n) is 44.7. The molecule has 22 heteroatoms. The molecule has 1 unspecified atom stereocenters. The summed E-state index contributed by atoms with van der Waals surface area (Å²) in [6, 6.07) is 27.5. The number of carbonyl (C=O) groups excluding carboxylic acids is 3. The highest BCUT2D eigenvalue weighted by Gasteiger charge is 2.48. The zero-order valence-corrected chi connectivity index (χ0v) is 47.9. The number of pyridine rings is 1. The summed E-state index contributed by atoms with van der Waals surface area (Å²) < 4.78 is 99.6. The van der Waals surface area contributed by atoms with E-state index < -0.39 is 58.7 Å². The van der Waals surface area contributed by atoms with Crippen LogP contribution in [0.15, 0.2) is 136 Å². The summed E-state index contributed by atoms with van der Waals surface area (Å²) in [7, 11) is -11.0. The fraction of sp³-hybridized carbons (Fsp3) is 0.414. The molecule has 0 bridgehead atoms. The quantitative estimate of drug-likeness (QED) is 0.0526. The van der Waals surface area contributed by atoms with E-state index in [0.717, 1.165) is 85.8 Å². The molecule has 15 nitrogen and oxygen atoms in total. The molecule has 426 valence electrons. The smallest absolute Gasteiger partial charge is 0.380 e. The number of piperazine rings is 2. The number of nitrogens with one attached hydrogen (secondary N) is 3. The number of rotatable bonds is 19. The predicted molar refractivity (Wildman–Crippen MR) is 306 cm³/mol. The number of amides is 3. The normalized spacial score (nSPS) is 19.4. The number of sulfone groups is 1. The third kappa shape index (κ3) is 14.6. The fourth-order valence-electron chi connectivity index (χ4n) is 11.0. The first-order valence-corrected chi connectivity index (χ1v) is 31.2. The number of benzene rings is 4. The molecule has 4 heterocycles. The monoisotopic (exact) mass is 1170 g/mol. The Morgan fingerprint density at radius 2 is 1.51 bits per heavy atom. The molecule has 2 atom stereocenters. The molecule has 80 heavy (non-hydrogen) atoms. The number of carbonyl (C=O) groups is 3. The minimum Gasteiger partial charge on any atom is -0.380 e. The number of hydrogen-bond acceptors (Lipinski definition) is 14. The predicted octanol–water partition coefficient (Wildman–Crippen LogP) is 9.23. The van der Waals surface area contributed by atoms with E-state index in [9.17, 15) is 44.4 Å². The van der Waals surface area contributed by atoms with Crippen molar-refractivity contribution in [2.24, 2.45) is 5.41 Å². The topological polar surface area (TPSA) is 181 Å². The number of anilines is 2. The van der Waals surface area contributed by atoms with Gasteiger partial charge in [0.2, 0.25) is 11.8 Å². The van der Waals surface area contributed by atoms with Crippen molar-refractivity contribution in [1.29, 1.82) is 0 Å². The Morgan fingerprint density at radius 1 is 0.838 bits per heavy atom. The van der Waals surface area contributed by atoms with Crippen LogP contribution in [0.5, 0.6) is 0 Å². The van der Waals surface area contributed by atoms with Crippen LogP contribution >= 0.6 is 23.4 Å². The van der Waals surface area contributed by atoms with Gasteiger partial charge >= 0.3 is 5.51 Å². The average molecular weight is 1180 g/mol. The van der Waals surface area contributed by atoms with Crippen LogP contribution in [0.4, 0.5) is 24.5 Å². The lowest BCUT2D eigenvalue weighted by atomic mass is 9.73. The first-order valence-electron chi connectivity index (χ1n) is 26.8. The molecule has 4 aliphatic rings. The molecule has 3 fully saturated rings. The van der Waals surface area contributed by atoms with Crippen LogP contribution in [0.25, 0.3) is 5.57 Å². The van der Waals surface area contributed by atoms with Gasteiger partial charge in [-0.15, -0.1) is 11.8 Å². The molecule has 0 spiro atoms. The van der Waals surface area contributed by atoms with E-state index in [-0.39, 0.29) is 29.2 Å². The van der Waals surface area contributed by atoms with Crippen molar-refractivity contribution in [3.63, 3.8) is 0 Å². The molecule has 4 aromatic carbocycles. The second-order valence-electron chi connectivity index (χ2n) is 21.7. The number of sulfonamides is 1. The van der Waals surface area contributed by atoms with Gasteiger partial charge in [0, 0.05) is 124 Å². The Balaban J connectivity index is 0.839. The van der Waals surface area contributed by atoms with Gasteiger partial charge in [-0.3, -0.25) is 34.5 Å². The molecule has 3 aliphatic heterocycles. The van der Waals surface area contributed by atoms with Gasteiger partial charge in [0.1, 0.15) is 4.90 Å². The van der Waals surface area contributed by atoms with E-state index in [4.69, 9.17) is 11.6 Å². The summed E-state index contributed by atoms with van der Waals surface area (Å²) in [6.07, 6.45) is 7.51. The number of halogens is 4. The van der Waals surface area contributed by atoms with Crippen molar-refractivity contribution < 1.29 is 44.4 Å². The maximum Gasteiger partial charge on any atom is 0.501 e. The molecule has 5 aromatic rings. The zero-order chi connectivity index (χ0) is 56.8. The summed E-state index contributed by atoms with van der Waals surface area (Å²) in [5, 5.41) is 6.17. The minimum atomic E-state index is -6.13. The number of piperidine rings is 1. The maximum absolute atomic E-state index is 14.5. The Morgan fingerprint density at radius 3 is 2.20 bits per heavy atom. The largest absolute Gasteiger partial charge is 0.501 e. The Labute approximate surface area is 475 Å². The van der Waals surface area contributed by atoms with Gasteiger partial charge in [0.15, 0.2) is 0 Å². The van der Waals surface area contributed by atoms with Crippen molar-refractivity contribution in [3.05, 3.63) is 148 Å². The lowest BCUT2D eigenvalue weighted by Crippen LogP contribution is -2.47. The van der Waals surface area contributed by atoms with Crippen LogP contribution in [0.1, 0.15) is 85.3 Å². The number of aromatic nitrogens is 1. The summed E-state index contributed by atoms with van der Waals surface area (Å²) in [5.74, 6) is -1.83. The molecule has 1 aromatic heterocycles. The number of nitrogens with zero attached hydrogens (tertiary/aromatic N) is 5. The van der Waals surface area contributed by atoms with Crippen molar-refractivity contribution in [2.45, 2.75) is 91.1 Å². The molecular weight excluding hydrogens is 1110 g/mol. The van der Waals surface area contributed by atoms with Crippen LogP contribution in [0.2, 0.25) is 5.02 Å². The van der Waals surface area contributed by atoms with Crippen molar-refractivity contribution >= 4 is 77.9 Å². The van der Waals surface area contributed by atoms with Crippen molar-refractivity contribution in [3.8, 4) is 0 Å². The van der Waals surface area contributed by atoms with E-state index in [1.165, 1.54) is 40.6 Å². The van der Waals surface area contributed by atoms with Crippen LogP contribution in [0, 0.1) is 5.41 Å². The van der Waals surface area contributed by atoms with E-state index >= 15 is 0 Å². The van der Waals surface area contributed by atoms with Gasteiger partial charge in [-0.2, -0.15) is 13.2 Å². The van der Waals surface area contributed by atoms with E-state index in [1.807, 2.05) is 53.3 Å². The summed E-state index contributed by atoms with van der Waals surface area (Å²) in [5.41, 5.74) is 0.546. The highest BCUT2D eigenvalue weighted by Crippen LogP contribution is 2.43. The third-order valence-electron chi connectivity index (χ3n) is 15.5. The number of thioether (sulfide) groups is 1. The van der Waals surface area contributed by atoms with Gasteiger partial charge < -0.3 is 15.1 Å². The first kappa shape index (κ1) is 58.8. The van der Waals surface area contributed by atoms with Gasteiger partial charge in [0.25, 0.3) is 25.8 Å². The van der Waals surface area contributed by atoms with E-state index in [2.05, 4.69) is 61.2 Å². The first-order chi connectivity index (χ1) is 38.1. The molecule has 3 N–H and O–H groups in total. The van der Waals surface area contributed by atoms with Gasteiger partial charge in [0.05, 0.1) is 16.5 Å². The Bertz CT molecular complexity index is 3300. The maximum atomic E-state index is 14.5. The fourth-order valence-corrected chi connectivity index (χ4v) is 14.1. The number of alkyl halides is 3. The molecule has 1 aliphatic carbocycles. The van der Waals surface area contributed by atoms with Gasteiger partial charge in [-0.05, 0) is 133 Å². The molecule has 3 amide bonds. The second-order valence-corrected chi connectivity index (χ2v) is 26.9. The highest BCUT2D eigenvalue weighted by atomic mass is 35.5. The highest BCUT2D eigenvalue weighted by molar-refractivity contribution is 7.99. The van der Waals surface area contributed by atoms with Crippen LogP contribution in [-0.4, -0.2) is 137 Å². The molecule has 0 radical (unpaired) electrons. The number of allylic oxidation sites excluding steroid dienone is 1. The van der Waals surface area contributed by atoms with Crippen molar-refractivity contribution in [1.82, 2.24) is 29.7 Å². The molecule has 3 saturated heterocycles. The van der Waals surface area contributed by atoms with E-state index in [1.54, 1.807) is 24.5 Å². The van der Waals surface area contributed by atoms with Gasteiger partial charge in [-0.1, -0.05) is 61.4 Å². The lowest BCUT2D eigenvalue weighted by Gasteiger charge is -2.39. The summed E-state index contributed by atoms with van der Waals surface area (Å²) >= 11 is 7.64. The summed E-state index contributed by atoms with van der Waals surface area (Å²) in [6.45, 7) is 12.2. The second kappa shape index (κ2) is 25.1. The Hall–Kier alpha value is -5.81. The third-order valence-corrected chi connectivity index (χ3v) is 19.8. The van der Waals surface area contributed by atoms with E-state index in [0.29, 0.717) is 69.0 Å². The van der Waals surface area contributed by atoms with Crippen LogP contribution in [-0.2, 0) is 36.0 Å². The van der Waals surface area contributed by atoms with Crippen LogP contribution < -0.4 is 20.3 Å². The Kier molecular flexibility index (Phi) is 18.5. The number of imide groups is 1. The average Bonchev–Trinajstić information content (AvgIpc) is 3.52. The standard InChI is InChI=1S/C58H66ClF3N8O7S3/c1-57(2)23-20-49(40-8-12-44(59)13-9-40)43(35-57)38-69-30-32-70(33-31-69)46-14-10-41(11-15-46)55(72)66-80(76,77)48-16-18-52(53(34-48)79(74,75)58(60,61)62)64-45(39-78-47-6-4-3-5-7-47)22-25-67-26-28-68(29-27-67)37-42-21-24-63-36-51(42)50-17-19-54(71)65-56(50)73/h3-16,18,21,24,34,36,45,50,64H,17,19-20,22-23,25-33,35,37-39H2,1-2H3,(H,66,72)(H,65,71,73)/t45-,50?/m1/s1. The molecule has 0 saturated carbocycles. The van der Waals surface area contributed by atoms with Crippen LogP contribution in [0.3, 0.4) is 0 Å². The van der Waals surface area contributed by atoms with Crippen molar-refractivity contribution in [2.75, 3.05) is 81.4 Å². The number of hydrogen-bond donors (Lipinski definition) is 3. The SMILES string of the molecule is CC1(C)CCC(c2ccc(Cl)cc2)=C(CN2CCN(c3ccc(C(=O)NS(=O)(=O)c4ccc(N[C@H](CCN5CCN(Cc6ccncc6C6CCC(=O)NC6=O)CC5)CSc5ccccc5)c(S(=O)(=O)C(F)(F)F)c4)cc3)CC2)C1. The minimum absolute atomic E-state index is 0.0215. The molecule has 9 rings (SSSR count). The lowest BCUT2D eigenvalue weighted by molar-refractivity contribution is -0.134. The molecular formula is C58H66ClF3N8O7S3. The van der Waals surface area contributed by atoms with Gasteiger partial charge in [-0.25, -0.2) is 21.6 Å².